The first-order valence-electron chi connectivity index (χ1n) is 9.00. The standard InChI is InChI=1S/C20H25F2NO5/c1-20(12-5-4-8-14(20)18(25)27-3)23-16(24)11-10-13-7-6-9-15(26-2)17(13)28-19(21)22/h6-7,9-11,14,19H,4-5,8,12H2,1-3H3,(H,23,24)/b11-10+. The van der Waals surface area contributed by atoms with E-state index in [9.17, 15) is 18.4 Å². The summed E-state index contributed by atoms with van der Waals surface area (Å²) in [5.74, 6) is -1.25. The van der Waals surface area contributed by atoms with E-state index in [-0.39, 0.29) is 23.0 Å². The Hall–Kier alpha value is -2.64. The lowest BCUT2D eigenvalue weighted by Gasteiger charge is -2.40. The van der Waals surface area contributed by atoms with E-state index >= 15 is 0 Å². The molecule has 1 aromatic carbocycles. The number of amides is 1. The highest BCUT2D eigenvalue weighted by molar-refractivity contribution is 5.93. The second-order valence-electron chi connectivity index (χ2n) is 6.82. The summed E-state index contributed by atoms with van der Waals surface area (Å²) < 4.78 is 39.8. The molecule has 2 unspecified atom stereocenters. The Morgan fingerprint density at radius 1 is 1.29 bits per heavy atom. The van der Waals surface area contributed by atoms with Crippen molar-refractivity contribution in [2.24, 2.45) is 5.92 Å². The van der Waals surface area contributed by atoms with Crippen molar-refractivity contribution in [3.8, 4) is 11.5 Å². The summed E-state index contributed by atoms with van der Waals surface area (Å²) in [5, 5.41) is 2.87. The summed E-state index contributed by atoms with van der Waals surface area (Å²) in [4.78, 5) is 24.5. The van der Waals surface area contributed by atoms with Crippen LogP contribution in [0, 0.1) is 5.92 Å². The molecule has 1 aromatic rings. The molecule has 0 aromatic heterocycles. The van der Waals surface area contributed by atoms with Gasteiger partial charge in [-0.25, -0.2) is 0 Å². The molecule has 1 fully saturated rings. The minimum atomic E-state index is -3.03. The molecule has 1 N–H and O–H groups in total. The molecule has 0 bridgehead atoms. The highest BCUT2D eigenvalue weighted by Crippen LogP contribution is 2.35. The molecule has 1 amide bonds. The van der Waals surface area contributed by atoms with Gasteiger partial charge in [0, 0.05) is 11.6 Å². The molecule has 0 spiro atoms. The molecule has 28 heavy (non-hydrogen) atoms. The van der Waals surface area contributed by atoms with Crippen LogP contribution >= 0.6 is 0 Å². The normalized spacial score (nSPS) is 22.1. The number of para-hydroxylation sites is 1. The third-order valence-corrected chi connectivity index (χ3v) is 4.95. The van der Waals surface area contributed by atoms with Crippen molar-refractivity contribution in [1.82, 2.24) is 5.32 Å². The number of halogens is 2. The Morgan fingerprint density at radius 2 is 2.04 bits per heavy atom. The van der Waals surface area contributed by atoms with E-state index in [4.69, 9.17) is 9.47 Å². The Labute approximate surface area is 162 Å². The smallest absolute Gasteiger partial charge is 0.387 e. The fourth-order valence-electron chi connectivity index (χ4n) is 3.53. The van der Waals surface area contributed by atoms with Crippen LogP contribution in [0.1, 0.15) is 38.2 Å². The Balaban J connectivity index is 2.18. The molecule has 1 aliphatic carbocycles. The zero-order valence-corrected chi connectivity index (χ0v) is 16.2. The average molecular weight is 397 g/mol. The first-order chi connectivity index (χ1) is 13.3. The molecule has 2 rings (SSSR count). The Kier molecular flexibility index (Phi) is 7.37. The highest BCUT2D eigenvalue weighted by Gasteiger charge is 2.42. The van der Waals surface area contributed by atoms with Gasteiger partial charge in [-0.05, 0) is 31.9 Å². The lowest BCUT2D eigenvalue weighted by Crippen LogP contribution is -2.55. The van der Waals surface area contributed by atoms with Gasteiger partial charge in [0.1, 0.15) is 0 Å². The minimum Gasteiger partial charge on any atom is -0.493 e. The third-order valence-electron chi connectivity index (χ3n) is 4.95. The van der Waals surface area contributed by atoms with E-state index < -0.39 is 24.0 Å². The summed E-state index contributed by atoms with van der Waals surface area (Å²) in [6, 6.07) is 4.62. The van der Waals surface area contributed by atoms with Crippen molar-refractivity contribution in [1.29, 1.82) is 0 Å². The zero-order valence-electron chi connectivity index (χ0n) is 16.2. The summed E-state index contributed by atoms with van der Waals surface area (Å²) >= 11 is 0. The molecule has 6 nitrogen and oxygen atoms in total. The van der Waals surface area contributed by atoms with Crippen LogP contribution in [0.15, 0.2) is 24.3 Å². The summed E-state index contributed by atoms with van der Waals surface area (Å²) in [7, 11) is 2.66. The van der Waals surface area contributed by atoms with E-state index in [0.717, 1.165) is 12.8 Å². The molecular formula is C20H25F2NO5. The fourth-order valence-corrected chi connectivity index (χ4v) is 3.53. The van der Waals surface area contributed by atoms with Gasteiger partial charge in [-0.15, -0.1) is 0 Å². The van der Waals surface area contributed by atoms with Gasteiger partial charge in [0.05, 0.1) is 25.7 Å². The number of hydrogen-bond acceptors (Lipinski definition) is 5. The van der Waals surface area contributed by atoms with Gasteiger partial charge in [-0.3, -0.25) is 9.59 Å². The SMILES string of the molecule is COC(=O)C1CCCCC1(C)NC(=O)/C=C/c1cccc(OC)c1OC(F)F. The van der Waals surface area contributed by atoms with Gasteiger partial charge in [0.2, 0.25) is 5.91 Å². The summed E-state index contributed by atoms with van der Waals surface area (Å²) in [5.41, 5.74) is -0.461. The summed E-state index contributed by atoms with van der Waals surface area (Å²) in [6.45, 7) is -1.21. The first kappa shape index (κ1) is 21.7. The van der Waals surface area contributed by atoms with E-state index in [1.807, 2.05) is 6.92 Å². The number of carbonyl (C=O) groups excluding carboxylic acids is 2. The predicted octanol–water partition coefficient (Wildman–Crippen LogP) is 3.55. The maximum Gasteiger partial charge on any atom is 0.387 e. The van der Waals surface area contributed by atoms with E-state index in [0.29, 0.717) is 12.8 Å². The predicted molar refractivity (Wildman–Crippen MR) is 99.2 cm³/mol. The van der Waals surface area contributed by atoms with Crippen molar-refractivity contribution in [2.45, 2.75) is 44.8 Å². The lowest BCUT2D eigenvalue weighted by atomic mass is 9.74. The number of alkyl halides is 2. The number of benzene rings is 1. The van der Waals surface area contributed by atoms with Crippen molar-refractivity contribution in [3.63, 3.8) is 0 Å². The Morgan fingerprint density at radius 3 is 2.68 bits per heavy atom. The number of carbonyl (C=O) groups is 2. The molecule has 2 atom stereocenters. The van der Waals surface area contributed by atoms with Crippen LogP contribution in [0.2, 0.25) is 0 Å². The minimum absolute atomic E-state index is 0.132. The van der Waals surface area contributed by atoms with E-state index in [1.54, 1.807) is 6.07 Å². The second-order valence-corrected chi connectivity index (χ2v) is 6.82. The fraction of sp³-hybridized carbons (Fsp3) is 0.500. The van der Waals surface area contributed by atoms with Gasteiger partial charge in [-0.1, -0.05) is 25.0 Å². The molecule has 8 heteroatoms. The van der Waals surface area contributed by atoms with Crippen LogP contribution in [0.4, 0.5) is 8.78 Å². The summed E-state index contributed by atoms with van der Waals surface area (Å²) in [6.07, 6.45) is 5.65. The second kappa shape index (κ2) is 9.52. The van der Waals surface area contributed by atoms with Crippen LogP contribution < -0.4 is 14.8 Å². The van der Waals surface area contributed by atoms with Crippen molar-refractivity contribution in [3.05, 3.63) is 29.8 Å². The van der Waals surface area contributed by atoms with E-state index in [1.165, 1.54) is 38.5 Å². The van der Waals surface area contributed by atoms with Crippen molar-refractivity contribution < 1.29 is 32.6 Å². The van der Waals surface area contributed by atoms with Gasteiger partial charge < -0.3 is 19.5 Å². The first-order valence-corrected chi connectivity index (χ1v) is 9.00. The van der Waals surface area contributed by atoms with E-state index in [2.05, 4.69) is 10.1 Å². The number of hydrogen-bond donors (Lipinski definition) is 1. The molecule has 1 saturated carbocycles. The van der Waals surface area contributed by atoms with Crippen LogP contribution in [0.5, 0.6) is 11.5 Å². The maximum atomic E-state index is 12.7. The third kappa shape index (κ3) is 5.21. The molecule has 0 radical (unpaired) electrons. The quantitative estimate of drug-likeness (QED) is 0.563. The van der Waals surface area contributed by atoms with Gasteiger partial charge >= 0.3 is 12.6 Å². The number of methoxy groups -OCH3 is 2. The number of rotatable bonds is 7. The molecule has 154 valence electrons. The lowest BCUT2D eigenvalue weighted by molar-refractivity contribution is -0.150. The monoisotopic (exact) mass is 397 g/mol. The van der Waals surface area contributed by atoms with Crippen molar-refractivity contribution in [2.75, 3.05) is 14.2 Å². The molecule has 0 heterocycles. The van der Waals surface area contributed by atoms with Gasteiger partial charge in [-0.2, -0.15) is 8.78 Å². The maximum absolute atomic E-state index is 12.7. The Bertz CT molecular complexity index is 737. The van der Waals surface area contributed by atoms with Crippen LogP contribution in [-0.2, 0) is 14.3 Å². The highest BCUT2D eigenvalue weighted by atomic mass is 19.3. The molecule has 1 aliphatic rings. The van der Waals surface area contributed by atoms with Gasteiger partial charge in [0.15, 0.2) is 11.5 Å². The largest absolute Gasteiger partial charge is 0.493 e. The topological polar surface area (TPSA) is 73.9 Å². The van der Waals surface area contributed by atoms with Crippen LogP contribution in [-0.4, -0.2) is 38.2 Å². The van der Waals surface area contributed by atoms with Crippen molar-refractivity contribution >= 4 is 18.0 Å². The molecular weight excluding hydrogens is 372 g/mol. The molecule has 0 saturated heterocycles. The van der Waals surface area contributed by atoms with Crippen LogP contribution in [0.25, 0.3) is 6.08 Å². The number of esters is 1. The zero-order chi connectivity index (χ0) is 20.7. The average Bonchev–Trinajstić information content (AvgIpc) is 2.66. The van der Waals surface area contributed by atoms with Gasteiger partial charge in [0.25, 0.3) is 0 Å². The number of nitrogens with one attached hydrogen (secondary N) is 1. The molecule has 0 aliphatic heterocycles. The van der Waals surface area contributed by atoms with Crippen LogP contribution in [0.3, 0.4) is 0 Å². The number of ether oxygens (including phenoxy) is 3.